The van der Waals surface area contributed by atoms with Crippen molar-refractivity contribution in [2.75, 3.05) is 5.32 Å². The summed E-state index contributed by atoms with van der Waals surface area (Å²) in [6.45, 7) is 0. The van der Waals surface area contributed by atoms with Crippen molar-refractivity contribution in [2.24, 2.45) is 5.73 Å². The number of amides is 2. The molecule has 0 aliphatic heterocycles. The van der Waals surface area contributed by atoms with Crippen LogP contribution in [0.5, 0.6) is 0 Å². The summed E-state index contributed by atoms with van der Waals surface area (Å²) in [5, 5.41) is 12.5. The monoisotopic (exact) mass is 302 g/mol. The smallest absolute Gasteiger partial charge is 0.248 e. The minimum atomic E-state index is -1.12. The van der Waals surface area contributed by atoms with Crippen LogP contribution in [0, 0.1) is 5.82 Å². The first-order chi connectivity index (χ1) is 10.5. The van der Waals surface area contributed by atoms with E-state index in [0.29, 0.717) is 11.3 Å². The van der Waals surface area contributed by atoms with Crippen LogP contribution in [0.25, 0.3) is 0 Å². The standard InChI is InChI=1S/C16H15FN2O3/c17-12-5-1-3-10(7-12)14(20)9-15(21)19-13-6-2-4-11(8-13)16(18)22/h1-8,14,20H,9H2,(H2,18,22)(H,19,21). The number of halogens is 1. The molecular formula is C16H15FN2O3. The SMILES string of the molecule is NC(=O)c1cccc(NC(=O)CC(O)c2cccc(F)c2)c1. The number of benzene rings is 2. The van der Waals surface area contributed by atoms with Crippen LogP contribution in [0.2, 0.25) is 0 Å². The highest BCUT2D eigenvalue weighted by Crippen LogP contribution is 2.19. The molecule has 0 aliphatic carbocycles. The van der Waals surface area contributed by atoms with Crippen molar-refractivity contribution in [1.29, 1.82) is 0 Å². The van der Waals surface area contributed by atoms with E-state index in [9.17, 15) is 19.1 Å². The topological polar surface area (TPSA) is 92.4 Å². The molecule has 0 aliphatic rings. The van der Waals surface area contributed by atoms with E-state index < -0.39 is 23.7 Å². The van der Waals surface area contributed by atoms with Gasteiger partial charge in [-0.15, -0.1) is 0 Å². The Bertz CT molecular complexity index is 703. The van der Waals surface area contributed by atoms with Gasteiger partial charge in [-0.25, -0.2) is 4.39 Å². The predicted octanol–water partition coefficient (Wildman–Crippen LogP) is 1.99. The predicted molar refractivity (Wildman–Crippen MR) is 79.6 cm³/mol. The zero-order chi connectivity index (χ0) is 16.1. The van der Waals surface area contributed by atoms with Gasteiger partial charge in [0.25, 0.3) is 0 Å². The van der Waals surface area contributed by atoms with Gasteiger partial charge < -0.3 is 16.2 Å². The number of hydrogen-bond acceptors (Lipinski definition) is 3. The molecule has 2 aromatic rings. The molecule has 2 rings (SSSR count). The molecule has 0 saturated heterocycles. The Balaban J connectivity index is 2.01. The average molecular weight is 302 g/mol. The second kappa shape index (κ2) is 6.82. The van der Waals surface area contributed by atoms with Crippen LogP contribution in [0.1, 0.15) is 28.4 Å². The highest BCUT2D eigenvalue weighted by atomic mass is 19.1. The summed E-state index contributed by atoms with van der Waals surface area (Å²) >= 11 is 0. The summed E-state index contributed by atoms with van der Waals surface area (Å²) in [4.78, 5) is 22.9. The lowest BCUT2D eigenvalue weighted by molar-refractivity contribution is -0.118. The number of rotatable bonds is 5. The van der Waals surface area contributed by atoms with E-state index in [1.165, 1.54) is 36.4 Å². The van der Waals surface area contributed by atoms with Gasteiger partial charge in [0.05, 0.1) is 12.5 Å². The highest BCUT2D eigenvalue weighted by molar-refractivity contribution is 5.96. The maximum absolute atomic E-state index is 13.1. The molecule has 0 spiro atoms. The van der Waals surface area contributed by atoms with Crippen LogP contribution < -0.4 is 11.1 Å². The molecular weight excluding hydrogens is 287 g/mol. The number of aliphatic hydroxyl groups excluding tert-OH is 1. The highest BCUT2D eigenvalue weighted by Gasteiger charge is 2.14. The fraction of sp³-hybridized carbons (Fsp3) is 0.125. The molecule has 114 valence electrons. The first-order valence-electron chi connectivity index (χ1n) is 6.59. The quantitative estimate of drug-likeness (QED) is 0.788. The van der Waals surface area contributed by atoms with E-state index in [0.717, 1.165) is 0 Å². The molecule has 4 N–H and O–H groups in total. The van der Waals surface area contributed by atoms with Crippen LogP contribution in [0.15, 0.2) is 48.5 Å². The summed E-state index contributed by atoms with van der Waals surface area (Å²) in [5.41, 5.74) is 6.14. The minimum absolute atomic E-state index is 0.232. The van der Waals surface area contributed by atoms with Crippen molar-refractivity contribution in [3.8, 4) is 0 Å². The van der Waals surface area contributed by atoms with Crippen LogP contribution in [-0.4, -0.2) is 16.9 Å². The van der Waals surface area contributed by atoms with E-state index in [1.54, 1.807) is 12.1 Å². The molecule has 5 nitrogen and oxygen atoms in total. The van der Waals surface area contributed by atoms with Crippen molar-refractivity contribution in [1.82, 2.24) is 0 Å². The molecule has 0 heterocycles. The number of carbonyl (C=O) groups excluding carboxylic acids is 2. The number of nitrogens with one attached hydrogen (secondary N) is 1. The van der Waals surface area contributed by atoms with Gasteiger partial charge in [0.15, 0.2) is 0 Å². The third-order valence-electron chi connectivity index (χ3n) is 3.04. The first-order valence-corrected chi connectivity index (χ1v) is 6.59. The number of nitrogens with two attached hydrogens (primary N) is 1. The van der Waals surface area contributed by atoms with Gasteiger partial charge in [-0.2, -0.15) is 0 Å². The Morgan fingerprint density at radius 2 is 1.91 bits per heavy atom. The van der Waals surface area contributed by atoms with Gasteiger partial charge in [-0.1, -0.05) is 18.2 Å². The number of carbonyl (C=O) groups is 2. The van der Waals surface area contributed by atoms with Crippen molar-refractivity contribution in [2.45, 2.75) is 12.5 Å². The molecule has 0 bridgehead atoms. The fourth-order valence-corrected chi connectivity index (χ4v) is 1.97. The van der Waals surface area contributed by atoms with E-state index in [4.69, 9.17) is 5.73 Å². The van der Waals surface area contributed by atoms with E-state index in [2.05, 4.69) is 5.32 Å². The molecule has 22 heavy (non-hydrogen) atoms. The molecule has 0 saturated carbocycles. The lowest BCUT2D eigenvalue weighted by Crippen LogP contribution is -2.16. The summed E-state index contributed by atoms with van der Waals surface area (Å²) in [6, 6.07) is 11.6. The van der Waals surface area contributed by atoms with Gasteiger partial charge in [-0.3, -0.25) is 9.59 Å². The van der Waals surface area contributed by atoms with E-state index >= 15 is 0 Å². The third-order valence-corrected chi connectivity index (χ3v) is 3.04. The average Bonchev–Trinajstić information content (AvgIpc) is 2.47. The largest absolute Gasteiger partial charge is 0.388 e. The molecule has 1 unspecified atom stereocenters. The Labute approximate surface area is 126 Å². The maximum Gasteiger partial charge on any atom is 0.248 e. The normalized spacial score (nSPS) is 11.7. The van der Waals surface area contributed by atoms with Gasteiger partial charge in [0.1, 0.15) is 5.82 Å². The van der Waals surface area contributed by atoms with E-state index in [-0.39, 0.29) is 12.0 Å². The second-order valence-corrected chi connectivity index (χ2v) is 4.77. The molecule has 0 aromatic heterocycles. The minimum Gasteiger partial charge on any atom is -0.388 e. The number of aliphatic hydroxyl groups is 1. The second-order valence-electron chi connectivity index (χ2n) is 4.77. The molecule has 0 fully saturated rings. The Morgan fingerprint density at radius 3 is 2.59 bits per heavy atom. The zero-order valence-corrected chi connectivity index (χ0v) is 11.6. The molecule has 1 atom stereocenters. The van der Waals surface area contributed by atoms with E-state index in [1.807, 2.05) is 0 Å². The van der Waals surface area contributed by atoms with Gasteiger partial charge in [0, 0.05) is 11.3 Å². The number of anilines is 1. The third kappa shape index (κ3) is 4.13. The van der Waals surface area contributed by atoms with Crippen LogP contribution in [0.3, 0.4) is 0 Å². The molecule has 0 radical (unpaired) electrons. The van der Waals surface area contributed by atoms with Gasteiger partial charge in [0.2, 0.25) is 11.8 Å². The molecule has 2 amide bonds. The zero-order valence-electron chi connectivity index (χ0n) is 11.6. The number of primary amides is 1. The molecule has 2 aromatic carbocycles. The summed E-state index contributed by atoms with van der Waals surface area (Å²) in [7, 11) is 0. The van der Waals surface area contributed by atoms with Crippen molar-refractivity contribution < 1.29 is 19.1 Å². The maximum atomic E-state index is 13.1. The lowest BCUT2D eigenvalue weighted by atomic mass is 10.1. The molecule has 6 heteroatoms. The van der Waals surface area contributed by atoms with Gasteiger partial charge >= 0.3 is 0 Å². The summed E-state index contributed by atoms with van der Waals surface area (Å²) in [5.74, 6) is -1.54. The Morgan fingerprint density at radius 1 is 1.18 bits per heavy atom. The number of hydrogen-bond donors (Lipinski definition) is 3. The Kier molecular flexibility index (Phi) is 4.85. The van der Waals surface area contributed by atoms with Gasteiger partial charge in [-0.05, 0) is 35.9 Å². The van der Waals surface area contributed by atoms with Crippen LogP contribution in [0.4, 0.5) is 10.1 Å². The van der Waals surface area contributed by atoms with Crippen molar-refractivity contribution in [3.63, 3.8) is 0 Å². The van der Waals surface area contributed by atoms with Crippen LogP contribution in [-0.2, 0) is 4.79 Å². The van der Waals surface area contributed by atoms with Crippen LogP contribution >= 0.6 is 0 Å². The lowest BCUT2D eigenvalue weighted by Gasteiger charge is -2.11. The summed E-state index contributed by atoms with van der Waals surface area (Å²) < 4.78 is 13.1. The van der Waals surface area contributed by atoms with Crippen molar-refractivity contribution >= 4 is 17.5 Å². The van der Waals surface area contributed by atoms with Crippen molar-refractivity contribution in [3.05, 3.63) is 65.5 Å². The Hall–Kier alpha value is -2.73. The summed E-state index contributed by atoms with van der Waals surface area (Å²) in [6.07, 6.45) is -1.35. The fourth-order valence-electron chi connectivity index (χ4n) is 1.97. The first kappa shape index (κ1) is 15.7.